The van der Waals surface area contributed by atoms with Crippen molar-refractivity contribution in [3.05, 3.63) is 53.3 Å². The summed E-state index contributed by atoms with van der Waals surface area (Å²) in [6.45, 7) is 3.22. The van der Waals surface area contributed by atoms with E-state index in [0.29, 0.717) is 31.8 Å². The lowest BCUT2D eigenvalue weighted by atomic mass is 9.81. The fraction of sp³-hybridized carbons (Fsp3) is 0.423. The quantitative estimate of drug-likeness (QED) is 0.551. The van der Waals surface area contributed by atoms with Crippen LogP contribution in [0.1, 0.15) is 55.0 Å². The van der Waals surface area contributed by atoms with Crippen LogP contribution in [-0.4, -0.2) is 44.6 Å². The van der Waals surface area contributed by atoms with Crippen molar-refractivity contribution in [2.45, 2.75) is 51.4 Å². The highest BCUT2D eigenvalue weighted by Gasteiger charge is 2.32. The first-order valence-electron chi connectivity index (χ1n) is 12.0. The molecule has 1 aliphatic carbocycles. The number of likely N-dealkylation sites (tertiary alicyclic amines) is 1. The van der Waals surface area contributed by atoms with Gasteiger partial charge in [-0.3, -0.25) is 9.59 Å². The van der Waals surface area contributed by atoms with Crippen LogP contribution in [0.15, 0.2) is 42.7 Å². The molecule has 0 spiro atoms. The van der Waals surface area contributed by atoms with Gasteiger partial charge in [0.1, 0.15) is 17.4 Å². The second-order valence-electron chi connectivity index (χ2n) is 9.23. The molecular formula is C26H29N5O2S. The van der Waals surface area contributed by atoms with Crippen LogP contribution in [0.4, 0.5) is 11.6 Å². The van der Waals surface area contributed by atoms with Crippen LogP contribution in [0.2, 0.25) is 0 Å². The van der Waals surface area contributed by atoms with E-state index in [9.17, 15) is 9.59 Å². The van der Waals surface area contributed by atoms with E-state index in [0.717, 1.165) is 58.5 Å². The van der Waals surface area contributed by atoms with E-state index in [1.807, 2.05) is 48.4 Å². The molecule has 0 radical (unpaired) electrons. The number of nitrogens with zero attached hydrogens (tertiary/aromatic N) is 4. The van der Waals surface area contributed by atoms with Gasteiger partial charge in [-0.15, -0.1) is 11.3 Å². The Morgan fingerprint density at radius 3 is 2.62 bits per heavy atom. The number of hydrogen-bond acceptors (Lipinski definition) is 7. The highest BCUT2D eigenvalue weighted by molar-refractivity contribution is 7.15. The van der Waals surface area contributed by atoms with Gasteiger partial charge in [-0.05, 0) is 62.4 Å². The molecule has 0 aromatic carbocycles. The van der Waals surface area contributed by atoms with Gasteiger partial charge in [0.05, 0.1) is 15.6 Å². The topological polar surface area (TPSA) is 88.1 Å². The summed E-state index contributed by atoms with van der Waals surface area (Å²) < 4.78 is 0. The van der Waals surface area contributed by atoms with Crippen LogP contribution >= 0.6 is 11.3 Å². The molecule has 2 aliphatic rings. The lowest BCUT2D eigenvalue weighted by Gasteiger charge is -2.33. The molecular weight excluding hydrogens is 446 g/mol. The molecule has 5 rings (SSSR count). The molecule has 3 aromatic rings. The minimum absolute atomic E-state index is 0.0866. The zero-order valence-corrected chi connectivity index (χ0v) is 20.2. The van der Waals surface area contributed by atoms with Gasteiger partial charge in [0.2, 0.25) is 5.91 Å². The van der Waals surface area contributed by atoms with Gasteiger partial charge in [0, 0.05) is 50.2 Å². The van der Waals surface area contributed by atoms with Gasteiger partial charge in [-0.25, -0.2) is 15.0 Å². The molecule has 0 unspecified atom stereocenters. The number of amides is 1. The number of aryl methyl sites for hydroxylation is 1. The van der Waals surface area contributed by atoms with Crippen LogP contribution in [0.25, 0.3) is 10.6 Å². The molecule has 1 aliphatic heterocycles. The number of Topliss-reactive ketones (excluding diaryl/α,β-unsaturated/α-hetero) is 1. The Balaban J connectivity index is 1.20. The number of anilines is 2. The van der Waals surface area contributed by atoms with Crippen molar-refractivity contribution < 1.29 is 9.59 Å². The minimum Gasteiger partial charge on any atom is -0.342 e. The van der Waals surface area contributed by atoms with Crippen LogP contribution in [0, 0.1) is 12.8 Å². The fourth-order valence-corrected chi connectivity index (χ4v) is 5.85. The van der Waals surface area contributed by atoms with Gasteiger partial charge >= 0.3 is 0 Å². The molecule has 1 saturated carbocycles. The molecule has 1 amide bonds. The van der Waals surface area contributed by atoms with Gasteiger partial charge < -0.3 is 10.2 Å². The average molecular weight is 476 g/mol. The van der Waals surface area contributed by atoms with Gasteiger partial charge in [0.25, 0.3) is 0 Å². The normalized spacial score (nSPS) is 20.9. The third-order valence-corrected chi connectivity index (χ3v) is 7.94. The molecule has 1 N–H and O–H groups in total. The Labute approximate surface area is 203 Å². The van der Waals surface area contributed by atoms with E-state index < -0.39 is 0 Å². The minimum atomic E-state index is 0.0866. The maximum atomic E-state index is 12.9. The predicted molar refractivity (Wildman–Crippen MR) is 133 cm³/mol. The average Bonchev–Trinajstić information content (AvgIpc) is 3.35. The van der Waals surface area contributed by atoms with E-state index in [-0.39, 0.29) is 17.6 Å². The van der Waals surface area contributed by atoms with E-state index in [1.54, 1.807) is 17.5 Å². The van der Waals surface area contributed by atoms with Crippen LogP contribution in [-0.2, 0) is 9.59 Å². The zero-order chi connectivity index (χ0) is 23.5. The SMILES string of the molecule is Cc1ccnc(Nc2cccc(-c3cnc([C@H]4CC[C@H](C(=O)N5CCC(=O)CC5)CC4)s3)n2)c1. The molecule has 0 atom stereocenters. The summed E-state index contributed by atoms with van der Waals surface area (Å²) in [7, 11) is 0. The second kappa shape index (κ2) is 10.0. The molecule has 3 aromatic heterocycles. The summed E-state index contributed by atoms with van der Waals surface area (Å²) in [4.78, 5) is 41.1. The van der Waals surface area contributed by atoms with E-state index >= 15 is 0 Å². The molecule has 176 valence electrons. The smallest absolute Gasteiger partial charge is 0.225 e. The summed E-state index contributed by atoms with van der Waals surface area (Å²) in [6.07, 6.45) is 8.46. The van der Waals surface area contributed by atoms with Crippen molar-refractivity contribution in [1.82, 2.24) is 19.9 Å². The third kappa shape index (κ3) is 5.17. The van der Waals surface area contributed by atoms with Crippen LogP contribution < -0.4 is 5.32 Å². The maximum absolute atomic E-state index is 12.9. The number of ketones is 1. The third-order valence-electron chi connectivity index (χ3n) is 6.76. The number of piperidine rings is 1. The predicted octanol–water partition coefficient (Wildman–Crippen LogP) is 5.12. The summed E-state index contributed by atoms with van der Waals surface area (Å²) in [5, 5.41) is 4.41. The Hall–Kier alpha value is -3.13. The monoisotopic (exact) mass is 475 g/mol. The lowest BCUT2D eigenvalue weighted by Crippen LogP contribution is -2.42. The van der Waals surface area contributed by atoms with E-state index in [1.165, 1.54) is 0 Å². The van der Waals surface area contributed by atoms with Crippen molar-refractivity contribution in [2.75, 3.05) is 18.4 Å². The first-order valence-corrected chi connectivity index (χ1v) is 12.8. The number of nitrogens with one attached hydrogen (secondary N) is 1. The number of carbonyl (C=O) groups excluding carboxylic acids is 2. The number of pyridine rings is 2. The molecule has 7 nitrogen and oxygen atoms in total. The van der Waals surface area contributed by atoms with Crippen molar-refractivity contribution in [1.29, 1.82) is 0 Å². The number of aromatic nitrogens is 3. The van der Waals surface area contributed by atoms with Gasteiger partial charge in [-0.2, -0.15) is 0 Å². The second-order valence-corrected chi connectivity index (χ2v) is 10.3. The van der Waals surface area contributed by atoms with Gasteiger partial charge in [0.15, 0.2) is 0 Å². The van der Waals surface area contributed by atoms with Crippen molar-refractivity contribution >= 4 is 34.7 Å². The summed E-state index contributed by atoms with van der Waals surface area (Å²) in [5.74, 6) is 2.52. The molecule has 34 heavy (non-hydrogen) atoms. The maximum Gasteiger partial charge on any atom is 0.225 e. The number of carbonyl (C=O) groups is 2. The standard InChI is InChI=1S/C26H29N5O2S/c1-17-9-12-27-24(15-17)30-23-4-2-3-21(29-23)22-16-28-25(34-22)18-5-7-19(8-6-18)26(33)31-13-10-20(32)11-14-31/h2-4,9,12,15-16,18-19H,5-8,10-11,13-14H2,1H3,(H,27,29,30)/t18-,19-. The number of thiazole rings is 1. The first-order chi connectivity index (χ1) is 16.5. The van der Waals surface area contributed by atoms with Gasteiger partial charge in [-0.1, -0.05) is 6.07 Å². The summed E-state index contributed by atoms with van der Waals surface area (Å²) in [6, 6.07) is 9.89. The molecule has 2 fully saturated rings. The summed E-state index contributed by atoms with van der Waals surface area (Å²) >= 11 is 1.70. The number of hydrogen-bond donors (Lipinski definition) is 1. The fourth-order valence-electron chi connectivity index (χ4n) is 4.79. The Morgan fingerprint density at radius 2 is 1.85 bits per heavy atom. The molecule has 0 bridgehead atoms. The van der Waals surface area contributed by atoms with E-state index in [2.05, 4.69) is 10.3 Å². The largest absolute Gasteiger partial charge is 0.342 e. The Morgan fingerprint density at radius 1 is 1.06 bits per heavy atom. The molecule has 1 saturated heterocycles. The van der Waals surface area contributed by atoms with Crippen LogP contribution in [0.3, 0.4) is 0 Å². The molecule has 8 heteroatoms. The van der Waals surface area contributed by atoms with Crippen molar-refractivity contribution in [2.24, 2.45) is 5.92 Å². The molecule has 4 heterocycles. The zero-order valence-electron chi connectivity index (χ0n) is 19.4. The Kier molecular flexibility index (Phi) is 6.67. The highest BCUT2D eigenvalue weighted by Crippen LogP contribution is 2.40. The van der Waals surface area contributed by atoms with Crippen LogP contribution in [0.5, 0.6) is 0 Å². The Bertz CT molecular complexity index is 1180. The highest BCUT2D eigenvalue weighted by atomic mass is 32.1. The van der Waals surface area contributed by atoms with Crippen molar-refractivity contribution in [3.8, 4) is 10.6 Å². The lowest BCUT2D eigenvalue weighted by molar-refractivity contribution is -0.139. The first kappa shape index (κ1) is 22.7. The van der Waals surface area contributed by atoms with Crippen molar-refractivity contribution in [3.63, 3.8) is 0 Å². The van der Waals surface area contributed by atoms with E-state index in [4.69, 9.17) is 9.97 Å². The number of rotatable bonds is 5. The summed E-state index contributed by atoms with van der Waals surface area (Å²) in [5.41, 5.74) is 2.04.